The molecule has 0 saturated carbocycles. The number of hydrogen-bond acceptors (Lipinski definition) is 4. The number of esters is 1. The van der Waals surface area contributed by atoms with E-state index in [2.05, 4.69) is 22.5 Å². The average Bonchev–Trinajstić information content (AvgIpc) is 2.31. The summed E-state index contributed by atoms with van der Waals surface area (Å²) in [5, 5.41) is 8.56. The molecule has 0 radical (unpaired) electrons. The molecule has 0 spiro atoms. The minimum absolute atomic E-state index is 0.170. The predicted octanol–water partition coefficient (Wildman–Crippen LogP) is 2.20. The minimum atomic E-state index is -1.25. The Bertz CT molecular complexity index is 521. The van der Waals surface area contributed by atoms with Gasteiger partial charge in [-0.25, -0.2) is 4.79 Å². The molecule has 5 nitrogen and oxygen atoms in total. The van der Waals surface area contributed by atoms with Crippen molar-refractivity contribution in [3.63, 3.8) is 0 Å². The fourth-order valence-corrected chi connectivity index (χ4v) is 1.43. The number of carbonyl (C=O) groups is 3. The molecule has 0 aliphatic carbocycles. The van der Waals surface area contributed by atoms with E-state index in [-0.39, 0.29) is 11.3 Å². The Morgan fingerprint density at radius 2 is 2.11 bits per heavy atom. The first kappa shape index (κ1) is 14.1. The first-order valence-electron chi connectivity index (χ1n) is 4.80. The average molecular weight is 313 g/mol. The van der Waals surface area contributed by atoms with Crippen LogP contribution in [0.15, 0.2) is 34.8 Å². The van der Waals surface area contributed by atoms with Crippen molar-refractivity contribution in [3.8, 4) is 5.75 Å². The maximum Gasteiger partial charge on any atom is 0.331 e. The van der Waals surface area contributed by atoms with Gasteiger partial charge in [-0.2, -0.15) is 0 Å². The summed E-state index contributed by atoms with van der Waals surface area (Å²) in [6.07, 6.45) is 0.194. The number of halogens is 1. The molecule has 18 heavy (non-hydrogen) atoms. The second-order valence-corrected chi connectivity index (χ2v) is 4.22. The highest BCUT2D eigenvalue weighted by Crippen LogP contribution is 2.21. The van der Waals surface area contributed by atoms with Crippen LogP contribution in [0.1, 0.15) is 16.8 Å². The molecule has 0 aliphatic heterocycles. The predicted molar refractivity (Wildman–Crippen MR) is 66.6 cm³/mol. The highest BCUT2D eigenvalue weighted by atomic mass is 79.9. The van der Waals surface area contributed by atoms with Crippen molar-refractivity contribution in [2.45, 2.75) is 6.42 Å². The van der Waals surface area contributed by atoms with Crippen LogP contribution >= 0.6 is 15.9 Å². The Labute approximate surface area is 111 Å². The quantitative estimate of drug-likeness (QED) is 0.390. The standard InChI is InChI=1S/C12H9BrO5/c1-7(12(16)17)4-11(15)18-9-2-3-10(13)8(5-9)6-14/h2-3,5-6H,1,4H2,(H,16,17). The van der Waals surface area contributed by atoms with Gasteiger partial charge in [0.25, 0.3) is 0 Å². The molecule has 94 valence electrons. The van der Waals surface area contributed by atoms with E-state index >= 15 is 0 Å². The van der Waals surface area contributed by atoms with Crippen molar-refractivity contribution in [3.05, 3.63) is 40.4 Å². The van der Waals surface area contributed by atoms with Gasteiger partial charge in [0, 0.05) is 15.6 Å². The van der Waals surface area contributed by atoms with Crippen molar-refractivity contribution < 1.29 is 24.2 Å². The molecule has 1 N–H and O–H groups in total. The summed E-state index contributed by atoms with van der Waals surface area (Å²) >= 11 is 3.15. The number of carbonyl (C=O) groups excluding carboxylic acids is 2. The van der Waals surface area contributed by atoms with Gasteiger partial charge in [-0.1, -0.05) is 22.5 Å². The molecule has 0 heterocycles. The number of ether oxygens (including phenoxy) is 1. The molecule has 6 heteroatoms. The summed E-state index contributed by atoms with van der Waals surface area (Å²) < 4.78 is 5.47. The number of aliphatic carboxylic acids is 1. The lowest BCUT2D eigenvalue weighted by molar-refractivity contribution is -0.138. The van der Waals surface area contributed by atoms with Crippen molar-refractivity contribution in [2.24, 2.45) is 0 Å². The lowest BCUT2D eigenvalue weighted by Crippen LogP contribution is -2.12. The normalized spacial score (nSPS) is 9.61. The van der Waals surface area contributed by atoms with Crippen LogP contribution in [-0.4, -0.2) is 23.3 Å². The molecule has 1 aromatic rings. The molecule has 0 amide bonds. The van der Waals surface area contributed by atoms with Crippen LogP contribution in [0.2, 0.25) is 0 Å². The lowest BCUT2D eigenvalue weighted by Gasteiger charge is -2.05. The van der Waals surface area contributed by atoms with Gasteiger partial charge in [0.2, 0.25) is 0 Å². The SMILES string of the molecule is C=C(CC(=O)Oc1ccc(Br)c(C=O)c1)C(=O)O. The van der Waals surface area contributed by atoms with Gasteiger partial charge in [0.15, 0.2) is 6.29 Å². The fraction of sp³-hybridized carbons (Fsp3) is 0.0833. The third-order valence-electron chi connectivity index (χ3n) is 1.99. The zero-order valence-electron chi connectivity index (χ0n) is 9.18. The highest BCUT2D eigenvalue weighted by Gasteiger charge is 2.13. The Morgan fingerprint density at radius 3 is 2.67 bits per heavy atom. The molecular formula is C12H9BrO5. The molecule has 1 aromatic carbocycles. The van der Waals surface area contributed by atoms with Gasteiger partial charge in [-0.05, 0) is 18.2 Å². The maximum atomic E-state index is 11.4. The van der Waals surface area contributed by atoms with Crippen LogP contribution < -0.4 is 4.74 Å². The molecule has 0 aliphatic rings. The molecule has 0 saturated heterocycles. The van der Waals surface area contributed by atoms with Gasteiger partial charge in [0.1, 0.15) is 5.75 Å². The van der Waals surface area contributed by atoms with Crippen molar-refractivity contribution in [2.75, 3.05) is 0 Å². The number of benzene rings is 1. The summed E-state index contributed by atoms with van der Waals surface area (Å²) in [4.78, 5) is 32.5. The van der Waals surface area contributed by atoms with Gasteiger partial charge >= 0.3 is 11.9 Å². The van der Waals surface area contributed by atoms with Crippen LogP contribution in [-0.2, 0) is 9.59 Å². The Balaban J connectivity index is 2.73. The molecule has 0 unspecified atom stereocenters. The number of carboxylic acids is 1. The van der Waals surface area contributed by atoms with Crippen LogP contribution in [0.25, 0.3) is 0 Å². The summed E-state index contributed by atoms with van der Waals surface area (Å²) in [7, 11) is 0. The third kappa shape index (κ3) is 3.81. The van der Waals surface area contributed by atoms with E-state index in [1.54, 1.807) is 6.07 Å². The Kier molecular flexibility index (Phi) is 4.79. The van der Waals surface area contributed by atoms with Crippen molar-refractivity contribution in [1.29, 1.82) is 0 Å². The Morgan fingerprint density at radius 1 is 1.44 bits per heavy atom. The van der Waals surface area contributed by atoms with Crippen molar-refractivity contribution in [1.82, 2.24) is 0 Å². The second kappa shape index (κ2) is 6.11. The van der Waals surface area contributed by atoms with E-state index in [1.807, 2.05) is 0 Å². The Hall–Kier alpha value is -1.95. The maximum absolute atomic E-state index is 11.4. The summed E-state index contributed by atoms with van der Waals surface area (Å²) in [6, 6.07) is 4.41. The zero-order valence-corrected chi connectivity index (χ0v) is 10.8. The molecule has 0 atom stereocenters. The van der Waals surface area contributed by atoms with Gasteiger partial charge in [-0.3, -0.25) is 9.59 Å². The number of hydrogen-bond donors (Lipinski definition) is 1. The second-order valence-electron chi connectivity index (χ2n) is 3.36. The van der Waals surface area contributed by atoms with Crippen LogP contribution in [0.3, 0.4) is 0 Å². The monoisotopic (exact) mass is 312 g/mol. The topological polar surface area (TPSA) is 80.7 Å². The van der Waals surface area contributed by atoms with E-state index in [4.69, 9.17) is 9.84 Å². The highest BCUT2D eigenvalue weighted by molar-refractivity contribution is 9.10. The molecule has 0 bridgehead atoms. The lowest BCUT2D eigenvalue weighted by atomic mass is 10.2. The van der Waals surface area contributed by atoms with Crippen molar-refractivity contribution >= 4 is 34.2 Å². The fourth-order valence-electron chi connectivity index (χ4n) is 1.09. The molecular weight excluding hydrogens is 304 g/mol. The summed E-state index contributed by atoms with van der Waals surface area (Å²) in [5.74, 6) is -1.83. The van der Waals surface area contributed by atoms with E-state index in [0.717, 1.165) is 0 Å². The molecule has 1 rings (SSSR count). The van der Waals surface area contributed by atoms with Gasteiger partial charge < -0.3 is 9.84 Å². The summed E-state index contributed by atoms with van der Waals surface area (Å²) in [6.45, 7) is 3.22. The van der Waals surface area contributed by atoms with Gasteiger partial charge in [-0.15, -0.1) is 0 Å². The van der Waals surface area contributed by atoms with E-state index in [9.17, 15) is 14.4 Å². The minimum Gasteiger partial charge on any atom is -0.478 e. The van der Waals surface area contributed by atoms with E-state index < -0.39 is 18.4 Å². The van der Waals surface area contributed by atoms with Crippen LogP contribution in [0.5, 0.6) is 5.75 Å². The van der Waals surface area contributed by atoms with E-state index in [0.29, 0.717) is 16.3 Å². The molecule has 0 fully saturated rings. The largest absolute Gasteiger partial charge is 0.478 e. The van der Waals surface area contributed by atoms with Crippen LogP contribution in [0, 0.1) is 0 Å². The van der Waals surface area contributed by atoms with Gasteiger partial charge in [0.05, 0.1) is 6.42 Å². The summed E-state index contributed by atoms with van der Waals surface area (Å²) in [5.41, 5.74) is 0.0742. The number of aldehydes is 1. The smallest absolute Gasteiger partial charge is 0.331 e. The number of carboxylic acid groups (broad SMARTS) is 1. The zero-order chi connectivity index (χ0) is 13.7. The van der Waals surface area contributed by atoms with E-state index in [1.165, 1.54) is 12.1 Å². The van der Waals surface area contributed by atoms with Crippen LogP contribution in [0.4, 0.5) is 0 Å². The first-order valence-corrected chi connectivity index (χ1v) is 5.60. The number of rotatable bonds is 5. The first-order chi connectivity index (χ1) is 8.43. The third-order valence-corrected chi connectivity index (χ3v) is 2.71. The molecule has 0 aromatic heterocycles.